The number of allylic oxidation sites excluding steroid dienone is 1. The molecule has 4 heteroatoms. The molecule has 198 valence electrons. The number of hydrogen-bond acceptors (Lipinski definition) is 4. The summed E-state index contributed by atoms with van der Waals surface area (Å²) in [5.41, 5.74) is 1.86. The van der Waals surface area contributed by atoms with Gasteiger partial charge in [-0.25, -0.2) is 0 Å². The highest BCUT2D eigenvalue weighted by Gasteiger charge is 2.64. The van der Waals surface area contributed by atoms with Gasteiger partial charge in [0.15, 0.2) is 6.10 Å². The number of fused-ring (bicyclic) bond motifs is 5. The maximum atomic E-state index is 12.2. The summed E-state index contributed by atoms with van der Waals surface area (Å²) in [4.78, 5) is 12.2. The Kier molecular flexibility index (Phi) is 6.96. The first-order chi connectivity index (χ1) is 16.6. The van der Waals surface area contributed by atoms with Crippen molar-refractivity contribution in [1.82, 2.24) is 0 Å². The fourth-order valence-electron chi connectivity index (χ4n) is 9.77. The number of carbonyl (C=O) groups excluding carboxylic acids is 1. The van der Waals surface area contributed by atoms with Crippen LogP contribution in [0.2, 0.25) is 0 Å². The van der Waals surface area contributed by atoms with E-state index in [-0.39, 0.29) is 11.4 Å². The van der Waals surface area contributed by atoms with Gasteiger partial charge in [-0.2, -0.15) is 0 Å². The van der Waals surface area contributed by atoms with Gasteiger partial charge in [-0.3, -0.25) is 4.79 Å². The maximum absolute atomic E-state index is 12.2. The zero-order valence-corrected chi connectivity index (χ0v) is 23.2. The standard InChI is InChI=1S/C31H50O4/c1-20(2)8-7-9-21(3)24-12-13-25-23-10-11-27-28(35-22(4)32)31(33-18-19-34-31)17-16-30(27,6)26(23)14-15-29(24,25)5/h11,20-21,23-26,28H,7-10,12-19H2,1-6H3/t21?,23?,24?,25?,26?,28-,29?,30?/m0/s1. The van der Waals surface area contributed by atoms with Crippen LogP contribution in [0.1, 0.15) is 106 Å². The van der Waals surface area contributed by atoms with Crippen molar-refractivity contribution < 1.29 is 19.0 Å². The largest absolute Gasteiger partial charge is 0.452 e. The molecular formula is C31H50O4. The Balaban J connectivity index is 1.38. The fourth-order valence-corrected chi connectivity index (χ4v) is 9.77. The SMILES string of the molecule is CC(=O)O[C@H]1C2=CCC3C(CCC4(C)C(C(C)CCCC(C)C)CCC34)C2(C)CCC12OCCO2. The van der Waals surface area contributed by atoms with E-state index in [4.69, 9.17) is 14.2 Å². The number of esters is 1. The molecule has 35 heavy (non-hydrogen) atoms. The van der Waals surface area contributed by atoms with E-state index in [9.17, 15) is 4.79 Å². The molecule has 0 aromatic carbocycles. The summed E-state index contributed by atoms with van der Waals surface area (Å²) >= 11 is 0. The third kappa shape index (κ3) is 4.23. The molecule has 0 radical (unpaired) electrons. The first-order valence-corrected chi connectivity index (χ1v) is 14.8. The molecule has 5 rings (SSSR count). The second-order valence-corrected chi connectivity index (χ2v) is 13.7. The minimum Gasteiger partial charge on any atom is -0.452 e. The second kappa shape index (κ2) is 9.46. The van der Waals surface area contributed by atoms with Crippen molar-refractivity contribution in [2.24, 2.45) is 46.3 Å². The van der Waals surface area contributed by atoms with Crippen molar-refractivity contribution in [1.29, 1.82) is 0 Å². The molecule has 1 spiro atoms. The van der Waals surface area contributed by atoms with Crippen LogP contribution in [0, 0.1) is 46.3 Å². The molecule has 0 bridgehead atoms. The van der Waals surface area contributed by atoms with Gasteiger partial charge < -0.3 is 14.2 Å². The van der Waals surface area contributed by atoms with E-state index >= 15 is 0 Å². The van der Waals surface area contributed by atoms with Crippen LogP contribution in [0.25, 0.3) is 0 Å². The minimum atomic E-state index is -0.767. The molecular weight excluding hydrogens is 436 g/mol. The zero-order valence-electron chi connectivity index (χ0n) is 23.2. The molecule has 0 N–H and O–H groups in total. The summed E-state index contributed by atoms with van der Waals surface area (Å²) in [6, 6.07) is 0. The van der Waals surface area contributed by atoms with Crippen molar-refractivity contribution in [3.05, 3.63) is 11.6 Å². The van der Waals surface area contributed by atoms with Gasteiger partial charge in [0, 0.05) is 13.3 Å². The molecule has 0 amide bonds. The molecule has 5 aliphatic rings. The van der Waals surface area contributed by atoms with Crippen molar-refractivity contribution in [2.45, 2.75) is 118 Å². The summed E-state index contributed by atoms with van der Waals surface area (Å²) in [7, 11) is 0. The zero-order chi connectivity index (χ0) is 25.0. The summed E-state index contributed by atoms with van der Waals surface area (Å²) in [5.74, 6) is 3.79. The lowest BCUT2D eigenvalue weighted by Crippen LogP contribution is -2.59. The Hall–Kier alpha value is -0.870. The van der Waals surface area contributed by atoms with Gasteiger partial charge in [-0.15, -0.1) is 0 Å². The molecule has 0 aromatic rings. The highest BCUT2D eigenvalue weighted by atomic mass is 16.8. The fraction of sp³-hybridized carbons (Fsp3) is 0.903. The molecule has 1 heterocycles. The molecule has 4 nitrogen and oxygen atoms in total. The third-order valence-electron chi connectivity index (χ3n) is 11.5. The average molecular weight is 487 g/mol. The predicted octanol–water partition coefficient (Wildman–Crippen LogP) is 7.31. The van der Waals surface area contributed by atoms with Crippen LogP contribution in [0.15, 0.2) is 11.6 Å². The Morgan fingerprint density at radius 1 is 1.03 bits per heavy atom. The van der Waals surface area contributed by atoms with E-state index in [1.54, 1.807) is 0 Å². The maximum Gasteiger partial charge on any atom is 0.303 e. The van der Waals surface area contributed by atoms with Crippen LogP contribution in [-0.2, 0) is 19.0 Å². The number of rotatable bonds is 6. The van der Waals surface area contributed by atoms with Crippen LogP contribution in [0.5, 0.6) is 0 Å². The van der Waals surface area contributed by atoms with Crippen LogP contribution in [0.4, 0.5) is 0 Å². The number of carbonyl (C=O) groups is 1. The predicted molar refractivity (Wildman–Crippen MR) is 139 cm³/mol. The number of hydrogen-bond donors (Lipinski definition) is 0. The lowest BCUT2D eigenvalue weighted by molar-refractivity contribution is -0.245. The highest BCUT2D eigenvalue weighted by molar-refractivity contribution is 5.67. The summed E-state index contributed by atoms with van der Waals surface area (Å²) in [6.07, 6.45) is 14.7. The molecule has 0 aromatic heterocycles. The Morgan fingerprint density at radius 2 is 1.77 bits per heavy atom. The molecule has 1 aliphatic heterocycles. The first kappa shape index (κ1) is 25.8. The van der Waals surface area contributed by atoms with Crippen molar-refractivity contribution in [3.63, 3.8) is 0 Å². The van der Waals surface area contributed by atoms with Gasteiger partial charge in [-0.05, 0) is 90.4 Å². The van der Waals surface area contributed by atoms with Crippen LogP contribution in [0.3, 0.4) is 0 Å². The molecule has 8 atom stereocenters. The van der Waals surface area contributed by atoms with Crippen molar-refractivity contribution in [3.8, 4) is 0 Å². The van der Waals surface area contributed by atoms with Crippen LogP contribution < -0.4 is 0 Å². The van der Waals surface area contributed by atoms with E-state index in [0.29, 0.717) is 24.5 Å². The second-order valence-electron chi connectivity index (χ2n) is 13.7. The molecule has 7 unspecified atom stereocenters. The van der Waals surface area contributed by atoms with E-state index in [2.05, 4.69) is 40.7 Å². The number of ether oxygens (including phenoxy) is 3. The topological polar surface area (TPSA) is 44.8 Å². The molecule has 4 aliphatic carbocycles. The van der Waals surface area contributed by atoms with Crippen molar-refractivity contribution in [2.75, 3.05) is 13.2 Å². The van der Waals surface area contributed by atoms with E-state index in [1.807, 2.05) is 0 Å². The van der Waals surface area contributed by atoms with E-state index in [1.165, 1.54) is 57.4 Å². The summed E-state index contributed by atoms with van der Waals surface area (Å²) < 4.78 is 18.3. The first-order valence-electron chi connectivity index (χ1n) is 14.8. The van der Waals surface area contributed by atoms with E-state index < -0.39 is 11.9 Å². The monoisotopic (exact) mass is 486 g/mol. The van der Waals surface area contributed by atoms with Gasteiger partial charge in [-0.1, -0.05) is 60.0 Å². The Morgan fingerprint density at radius 3 is 2.46 bits per heavy atom. The Bertz CT molecular complexity index is 826. The van der Waals surface area contributed by atoms with Gasteiger partial charge in [0.2, 0.25) is 5.79 Å². The lowest BCUT2D eigenvalue weighted by atomic mass is 9.46. The van der Waals surface area contributed by atoms with Gasteiger partial charge in [0.25, 0.3) is 0 Å². The smallest absolute Gasteiger partial charge is 0.303 e. The quantitative estimate of drug-likeness (QED) is 0.292. The highest BCUT2D eigenvalue weighted by Crippen LogP contribution is 2.68. The molecule has 4 fully saturated rings. The van der Waals surface area contributed by atoms with E-state index in [0.717, 1.165) is 48.9 Å². The van der Waals surface area contributed by atoms with Gasteiger partial charge >= 0.3 is 5.97 Å². The summed E-state index contributed by atoms with van der Waals surface area (Å²) in [5, 5.41) is 0. The molecule has 1 saturated heterocycles. The van der Waals surface area contributed by atoms with Gasteiger partial charge in [0.1, 0.15) is 0 Å². The lowest BCUT2D eigenvalue weighted by Gasteiger charge is -2.60. The average Bonchev–Trinajstić information content (AvgIpc) is 3.40. The van der Waals surface area contributed by atoms with Crippen LogP contribution in [-0.4, -0.2) is 31.1 Å². The third-order valence-corrected chi connectivity index (χ3v) is 11.5. The molecule has 3 saturated carbocycles. The Labute approximate surface area is 213 Å². The summed E-state index contributed by atoms with van der Waals surface area (Å²) in [6.45, 7) is 15.1. The van der Waals surface area contributed by atoms with Crippen molar-refractivity contribution >= 4 is 5.97 Å². The van der Waals surface area contributed by atoms with Gasteiger partial charge in [0.05, 0.1) is 13.2 Å². The van der Waals surface area contributed by atoms with Crippen LogP contribution >= 0.6 is 0 Å². The minimum absolute atomic E-state index is 0.0753. The normalized spacial score (nSPS) is 42.8.